The van der Waals surface area contributed by atoms with Gasteiger partial charge in [0.2, 0.25) is 0 Å². The first-order valence-electron chi connectivity index (χ1n) is 3.22. The molecule has 0 saturated heterocycles. The van der Waals surface area contributed by atoms with Gasteiger partial charge in [0, 0.05) is 0 Å². The van der Waals surface area contributed by atoms with Crippen LogP contribution in [-0.4, -0.2) is 17.3 Å². The summed E-state index contributed by atoms with van der Waals surface area (Å²) in [5.74, 6) is -5.33. The molecule has 0 aromatic carbocycles. The maximum Gasteiger partial charge on any atom is 0.402 e. The van der Waals surface area contributed by atoms with Crippen LogP contribution in [0.25, 0.3) is 0 Å². The van der Waals surface area contributed by atoms with E-state index in [1.165, 1.54) is 6.92 Å². The van der Waals surface area contributed by atoms with Crippen molar-refractivity contribution in [3.63, 3.8) is 0 Å². The van der Waals surface area contributed by atoms with Crippen molar-refractivity contribution in [1.82, 2.24) is 0 Å². The van der Waals surface area contributed by atoms with Gasteiger partial charge < -0.3 is 5.11 Å². The maximum absolute atomic E-state index is 12.0. The predicted molar refractivity (Wildman–Crippen MR) is 36.5 cm³/mol. The molecule has 0 heterocycles. The molecule has 70 valence electrons. The van der Waals surface area contributed by atoms with E-state index in [9.17, 15) is 18.0 Å². The Morgan fingerprint density at radius 2 is 2.00 bits per heavy atom. The predicted octanol–water partition coefficient (Wildman–Crippen LogP) is 2.07. The number of alkyl halides is 3. The molecule has 0 aromatic rings. The average molecular weight is 182 g/mol. The summed E-state index contributed by atoms with van der Waals surface area (Å²) in [6, 6.07) is 0. The highest BCUT2D eigenvalue weighted by atomic mass is 19.4. The van der Waals surface area contributed by atoms with E-state index in [0.717, 1.165) is 6.08 Å². The second-order valence-corrected chi connectivity index (χ2v) is 2.45. The summed E-state index contributed by atoms with van der Waals surface area (Å²) < 4.78 is 35.9. The molecule has 0 aliphatic carbocycles. The van der Waals surface area contributed by atoms with Crippen molar-refractivity contribution in [2.45, 2.75) is 13.1 Å². The number of carboxylic acid groups (broad SMARTS) is 1. The van der Waals surface area contributed by atoms with Crippen LogP contribution < -0.4 is 0 Å². The Hall–Kier alpha value is -1.00. The second kappa shape index (κ2) is 3.60. The Balaban J connectivity index is 4.67. The highest BCUT2D eigenvalue weighted by Gasteiger charge is 2.47. The molecule has 0 aliphatic rings. The van der Waals surface area contributed by atoms with E-state index in [2.05, 4.69) is 6.58 Å². The average Bonchev–Trinajstić information content (AvgIpc) is 1.83. The van der Waals surface area contributed by atoms with Crippen molar-refractivity contribution in [2.75, 3.05) is 0 Å². The van der Waals surface area contributed by atoms with Crippen LogP contribution in [0.4, 0.5) is 13.2 Å². The largest absolute Gasteiger partial charge is 0.481 e. The summed E-state index contributed by atoms with van der Waals surface area (Å²) in [7, 11) is 0. The van der Waals surface area contributed by atoms with E-state index in [-0.39, 0.29) is 0 Å². The maximum atomic E-state index is 12.0. The third-order valence-corrected chi connectivity index (χ3v) is 1.52. The normalized spacial score (nSPS) is 16.7. The van der Waals surface area contributed by atoms with Crippen molar-refractivity contribution >= 4 is 5.97 Å². The van der Waals surface area contributed by atoms with E-state index < -0.39 is 24.0 Å². The number of carbonyl (C=O) groups is 1. The Morgan fingerprint density at radius 3 is 2.08 bits per heavy atom. The number of hydrogen-bond donors (Lipinski definition) is 1. The van der Waals surface area contributed by atoms with Crippen LogP contribution in [0.2, 0.25) is 0 Å². The van der Waals surface area contributed by atoms with Crippen LogP contribution in [0.5, 0.6) is 0 Å². The molecule has 0 saturated carbocycles. The van der Waals surface area contributed by atoms with Gasteiger partial charge in [-0.05, 0) is 5.92 Å². The van der Waals surface area contributed by atoms with E-state index in [1.807, 2.05) is 0 Å². The van der Waals surface area contributed by atoms with Gasteiger partial charge >= 0.3 is 12.1 Å². The molecule has 5 heteroatoms. The van der Waals surface area contributed by atoms with Crippen LogP contribution in [0.1, 0.15) is 6.92 Å². The van der Waals surface area contributed by atoms with Crippen LogP contribution in [-0.2, 0) is 4.79 Å². The molecule has 1 N–H and O–H groups in total. The number of aliphatic carboxylic acids is 1. The first-order valence-corrected chi connectivity index (χ1v) is 3.22. The van der Waals surface area contributed by atoms with E-state index in [0.29, 0.717) is 0 Å². The lowest BCUT2D eigenvalue weighted by Gasteiger charge is -2.19. The van der Waals surface area contributed by atoms with Crippen molar-refractivity contribution < 1.29 is 23.1 Å². The quantitative estimate of drug-likeness (QED) is 0.678. The number of halogens is 3. The fraction of sp³-hybridized carbons (Fsp3) is 0.571. The number of carboxylic acids is 1. The molecule has 0 fully saturated rings. The molecule has 2 nitrogen and oxygen atoms in total. The summed E-state index contributed by atoms with van der Waals surface area (Å²) >= 11 is 0. The minimum absolute atomic E-state index is 0.978. The van der Waals surface area contributed by atoms with Gasteiger partial charge in [0.25, 0.3) is 0 Å². The van der Waals surface area contributed by atoms with E-state index in [1.54, 1.807) is 0 Å². The monoisotopic (exact) mass is 182 g/mol. The Kier molecular flexibility index (Phi) is 3.30. The fourth-order valence-electron chi connectivity index (χ4n) is 0.799. The smallest absolute Gasteiger partial charge is 0.402 e. The zero-order valence-corrected chi connectivity index (χ0v) is 6.43. The van der Waals surface area contributed by atoms with Gasteiger partial charge in [0.15, 0.2) is 5.92 Å². The van der Waals surface area contributed by atoms with Crippen molar-refractivity contribution in [3.8, 4) is 0 Å². The van der Waals surface area contributed by atoms with Gasteiger partial charge in [-0.15, -0.1) is 6.58 Å². The number of allylic oxidation sites excluding steroid dienone is 1. The van der Waals surface area contributed by atoms with Crippen LogP contribution in [0, 0.1) is 11.8 Å². The topological polar surface area (TPSA) is 37.3 Å². The summed E-state index contributed by atoms with van der Waals surface area (Å²) in [6.45, 7) is 4.28. The molecule has 0 aromatic heterocycles. The molecule has 0 radical (unpaired) electrons. The van der Waals surface area contributed by atoms with Gasteiger partial charge in [-0.25, -0.2) is 0 Å². The molecule has 0 aliphatic heterocycles. The van der Waals surface area contributed by atoms with Crippen LogP contribution in [0.3, 0.4) is 0 Å². The van der Waals surface area contributed by atoms with Crippen LogP contribution >= 0.6 is 0 Å². The molecular weight excluding hydrogens is 173 g/mol. The Morgan fingerprint density at radius 1 is 1.58 bits per heavy atom. The standard InChI is InChI=1S/C7H9F3O2/c1-3-4(2)5(6(11)12)7(8,9)10/h3-5H,1H2,2H3,(H,11,12). The summed E-state index contributed by atoms with van der Waals surface area (Å²) in [6.07, 6.45) is -3.73. The lowest BCUT2D eigenvalue weighted by atomic mass is 9.94. The third kappa shape index (κ3) is 2.56. The highest BCUT2D eigenvalue weighted by Crippen LogP contribution is 2.32. The Labute approximate surface area is 67.7 Å². The van der Waals surface area contributed by atoms with Crippen molar-refractivity contribution in [3.05, 3.63) is 12.7 Å². The number of hydrogen-bond acceptors (Lipinski definition) is 1. The van der Waals surface area contributed by atoms with Gasteiger partial charge in [-0.2, -0.15) is 13.2 Å². The summed E-state index contributed by atoms with van der Waals surface area (Å²) in [4.78, 5) is 10.2. The minimum Gasteiger partial charge on any atom is -0.481 e. The Bertz CT molecular complexity index is 186. The summed E-state index contributed by atoms with van der Waals surface area (Å²) in [5, 5.41) is 8.24. The fourth-order valence-corrected chi connectivity index (χ4v) is 0.799. The van der Waals surface area contributed by atoms with Crippen LogP contribution in [0.15, 0.2) is 12.7 Å². The summed E-state index contributed by atoms with van der Waals surface area (Å²) in [5.41, 5.74) is 0. The van der Waals surface area contributed by atoms with E-state index >= 15 is 0 Å². The van der Waals surface area contributed by atoms with E-state index in [4.69, 9.17) is 5.11 Å². The zero-order chi connectivity index (χ0) is 9.94. The molecule has 0 bridgehead atoms. The van der Waals surface area contributed by atoms with Gasteiger partial charge in [0.1, 0.15) is 0 Å². The van der Waals surface area contributed by atoms with Gasteiger partial charge in [-0.1, -0.05) is 13.0 Å². The second-order valence-electron chi connectivity index (χ2n) is 2.45. The molecule has 12 heavy (non-hydrogen) atoms. The molecule has 0 rings (SSSR count). The lowest BCUT2D eigenvalue weighted by molar-refractivity contribution is -0.199. The number of rotatable bonds is 3. The first kappa shape index (κ1) is 11.0. The van der Waals surface area contributed by atoms with Gasteiger partial charge in [-0.3, -0.25) is 4.79 Å². The first-order chi connectivity index (χ1) is 5.30. The molecule has 0 spiro atoms. The van der Waals surface area contributed by atoms with Crippen molar-refractivity contribution in [2.24, 2.45) is 11.8 Å². The third-order valence-electron chi connectivity index (χ3n) is 1.52. The molecule has 2 atom stereocenters. The minimum atomic E-state index is -4.71. The molecular formula is C7H9F3O2. The SMILES string of the molecule is C=CC(C)C(C(=O)O)C(F)(F)F. The molecule has 0 amide bonds. The lowest BCUT2D eigenvalue weighted by Crippen LogP contribution is -2.35. The van der Waals surface area contributed by atoms with Gasteiger partial charge in [0.05, 0.1) is 0 Å². The molecule has 2 unspecified atom stereocenters. The highest BCUT2D eigenvalue weighted by molar-refractivity contribution is 5.71. The van der Waals surface area contributed by atoms with Crippen molar-refractivity contribution in [1.29, 1.82) is 0 Å². The zero-order valence-electron chi connectivity index (χ0n) is 6.43.